The SMILES string of the molecule is CCOC(=O)Nc1c(C)ccc2cccc(C3=CC(=O)N(C)C3=O)c12. The number of nitrogens with zero attached hydrogens (tertiary/aromatic N) is 1. The van der Waals surface area contributed by atoms with Crippen molar-refractivity contribution in [1.29, 1.82) is 0 Å². The standard InChI is InChI=1S/C19H18N2O4/c1-4-25-19(24)20-17-11(2)8-9-12-6-5-7-13(16(12)17)14-10-15(22)21(3)18(14)23/h5-10H,4H2,1-3H3,(H,20,24). The van der Waals surface area contributed by atoms with Crippen LogP contribution in [0.5, 0.6) is 0 Å². The van der Waals surface area contributed by atoms with E-state index in [2.05, 4.69) is 5.32 Å². The third-order valence-corrected chi connectivity index (χ3v) is 4.18. The summed E-state index contributed by atoms with van der Waals surface area (Å²) in [7, 11) is 1.45. The average molecular weight is 338 g/mol. The normalized spacial score (nSPS) is 14.0. The van der Waals surface area contributed by atoms with Crippen LogP contribution in [0.2, 0.25) is 0 Å². The third kappa shape index (κ3) is 2.87. The number of hydrogen-bond acceptors (Lipinski definition) is 4. The van der Waals surface area contributed by atoms with E-state index in [-0.39, 0.29) is 18.4 Å². The number of benzene rings is 2. The number of hydrogen-bond donors (Lipinski definition) is 1. The molecular formula is C19H18N2O4. The van der Waals surface area contributed by atoms with Gasteiger partial charge < -0.3 is 4.74 Å². The Morgan fingerprint density at radius 1 is 1.20 bits per heavy atom. The summed E-state index contributed by atoms with van der Waals surface area (Å²) in [5, 5.41) is 4.32. The zero-order chi connectivity index (χ0) is 18.1. The number of carbonyl (C=O) groups is 3. The van der Waals surface area contributed by atoms with Gasteiger partial charge in [0.2, 0.25) is 0 Å². The predicted molar refractivity (Wildman–Crippen MR) is 95.1 cm³/mol. The van der Waals surface area contributed by atoms with Crippen LogP contribution in [0.1, 0.15) is 18.1 Å². The van der Waals surface area contributed by atoms with Crippen molar-refractivity contribution in [3.63, 3.8) is 0 Å². The number of anilines is 1. The van der Waals surface area contributed by atoms with Crippen LogP contribution in [0.25, 0.3) is 16.3 Å². The van der Waals surface area contributed by atoms with Gasteiger partial charge in [-0.2, -0.15) is 0 Å². The molecule has 0 aliphatic carbocycles. The molecule has 6 heteroatoms. The first-order valence-corrected chi connectivity index (χ1v) is 7.94. The highest BCUT2D eigenvalue weighted by Crippen LogP contribution is 2.35. The lowest BCUT2D eigenvalue weighted by Crippen LogP contribution is -2.25. The second kappa shape index (κ2) is 6.39. The zero-order valence-electron chi connectivity index (χ0n) is 14.3. The van der Waals surface area contributed by atoms with Gasteiger partial charge in [0.25, 0.3) is 11.8 Å². The van der Waals surface area contributed by atoms with E-state index in [1.807, 2.05) is 31.2 Å². The summed E-state index contributed by atoms with van der Waals surface area (Å²) in [6, 6.07) is 9.28. The van der Waals surface area contributed by atoms with Crippen molar-refractivity contribution in [2.24, 2.45) is 0 Å². The van der Waals surface area contributed by atoms with Crippen molar-refractivity contribution < 1.29 is 19.1 Å². The predicted octanol–water partition coefficient (Wildman–Crippen LogP) is 3.10. The number of likely N-dealkylation sites (N-methyl/N-ethyl adjacent to an activating group) is 1. The Labute approximate surface area is 145 Å². The molecule has 0 aromatic heterocycles. The molecule has 0 bridgehead atoms. The molecular weight excluding hydrogens is 320 g/mol. The lowest BCUT2D eigenvalue weighted by molar-refractivity contribution is -0.134. The molecule has 2 aromatic rings. The maximum atomic E-state index is 12.4. The Morgan fingerprint density at radius 2 is 1.96 bits per heavy atom. The molecule has 0 atom stereocenters. The van der Waals surface area contributed by atoms with Crippen LogP contribution in [-0.4, -0.2) is 36.5 Å². The van der Waals surface area contributed by atoms with Gasteiger partial charge in [0.1, 0.15) is 0 Å². The monoisotopic (exact) mass is 338 g/mol. The Balaban J connectivity index is 2.22. The first-order valence-electron chi connectivity index (χ1n) is 7.94. The van der Waals surface area contributed by atoms with E-state index >= 15 is 0 Å². The molecule has 1 aliphatic rings. The largest absolute Gasteiger partial charge is 0.450 e. The van der Waals surface area contributed by atoms with Gasteiger partial charge in [-0.1, -0.05) is 30.3 Å². The molecule has 3 amide bonds. The van der Waals surface area contributed by atoms with Crippen LogP contribution >= 0.6 is 0 Å². The number of nitrogens with one attached hydrogen (secondary N) is 1. The quantitative estimate of drug-likeness (QED) is 0.873. The fraction of sp³-hybridized carbons (Fsp3) is 0.211. The highest BCUT2D eigenvalue weighted by molar-refractivity contribution is 6.35. The zero-order valence-corrected chi connectivity index (χ0v) is 14.3. The summed E-state index contributed by atoms with van der Waals surface area (Å²) in [6.45, 7) is 3.84. The highest BCUT2D eigenvalue weighted by atomic mass is 16.5. The molecule has 0 saturated carbocycles. The van der Waals surface area contributed by atoms with E-state index in [9.17, 15) is 14.4 Å². The number of fused-ring (bicyclic) bond motifs is 1. The maximum Gasteiger partial charge on any atom is 0.411 e. The third-order valence-electron chi connectivity index (χ3n) is 4.18. The number of rotatable bonds is 3. The Kier molecular flexibility index (Phi) is 4.27. The molecule has 1 N–H and O–H groups in total. The van der Waals surface area contributed by atoms with Gasteiger partial charge >= 0.3 is 6.09 Å². The summed E-state index contributed by atoms with van der Waals surface area (Å²) < 4.78 is 4.98. The molecule has 25 heavy (non-hydrogen) atoms. The molecule has 1 aliphatic heterocycles. The van der Waals surface area contributed by atoms with Gasteiger partial charge in [-0.15, -0.1) is 0 Å². The van der Waals surface area contributed by atoms with Crippen LogP contribution < -0.4 is 5.32 Å². The second-order valence-corrected chi connectivity index (χ2v) is 5.77. The van der Waals surface area contributed by atoms with E-state index in [4.69, 9.17) is 4.74 Å². The number of amides is 3. The topological polar surface area (TPSA) is 75.7 Å². The van der Waals surface area contributed by atoms with Crippen LogP contribution in [0.15, 0.2) is 36.4 Å². The molecule has 0 fully saturated rings. The molecule has 1 heterocycles. The van der Waals surface area contributed by atoms with Gasteiger partial charge in [-0.3, -0.25) is 19.8 Å². The number of carbonyl (C=O) groups excluding carboxylic acids is 3. The lowest BCUT2D eigenvalue weighted by atomic mass is 9.95. The Bertz CT molecular complexity index is 930. The Hall–Kier alpha value is -3.15. The van der Waals surface area contributed by atoms with Gasteiger partial charge in [0, 0.05) is 18.5 Å². The number of imide groups is 1. The smallest absolute Gasteiger partial charge is 0.411 e. The van der Waals surface area contributed by atoms with Gasteiger partial charge in [0.15, 0.2) is 0 Å². The molecule has 0 radical (unpaired) electrons. The fourth-order valence-electron chi connectivity index (χ4n) is 2.89. The van der Waals surface area contributed by atoms with Gasteiger partial charge in [-0.05, 0) is 30.4 Å². The molecule has 128 valence electrons. The highest BCUT2D eigenvalue weighted by Gasteiger charge is 2.30. The summed E-state index contributed by atoms with van der Waals surface area (Å²) >= 11 is 0. The van der Waals surface area contributed by atoms with E-state index in [0.717, 1.165) is 15.8 Å². The minimum absolute atomic E-state index is 0.255. The maximum absolute atomic E-state index is 12.4. The summed E-state index contributed by atoms with van der Waals surface area (Å²) in [5.74, 6) is -0.717. The van der Waals surface area contributed by atoms with Gasteiger partial charge in [0.05, 0.1) is 17.9 Å². The van der Waals surface area contributed by atoms with Crippen molar-refractivity contribution in [2.45, 2.75) is 13.8 Å². The molecule has 0 unspecified atom stereocenters. The van der Waals surface area contributed by atoms with Crippen LogP contribution in [0.4, 0.5) is 10.5 Å². The second-order valence-electron chi connectivity index (χ2n) is 5.77. The number of aryl methyl sites for hydroxylation is 1. The van der Waals surface area contributed by atoms with Crippen LogP contribution in [0.3, 0.4) is 0 Å². The minimum atomic E-state index is -0.562. The summed E-state index contributed by atoms with van der Waals surface area (Å²) in [5.41, 5.74) is 2.33. The van der Waals surface area contributed by atoms with E-state index in [1.54, 1.807) is 13.0 Å². The summed E-state index contributed by atoms with van der Waals surface area (Å²) in [6.07, 6.45) is 0.765. The van der Waals surface area contributed by atoms with Gasteiger partial charge in [-0.25, -0.2) is 4.79 Å². The first-order chi connectivity index (χ1) is 11.9. The minimum Gasteiger partial charge on any atom is -0.450 e. The molecule has 3 rings (SSSR count). The van der Waals surface area contributed by atoms with Crippen molar-refractivity contribution in [2.75, 3.05) is 19.0 Å². The summed E-state index contributed by atoms with van der Waals surface area (Å²) in [4.78, 5) is 37.3. The van der Waals surface area contributed by atoms with E-state index < -0.39 is 6.09 Å². The lowest BCUT2D eigenvalue weighted by Gasteiger charge is -2.16. The first kappa shape index (κ1) is 16.7. The van der Waals surface area contributed by atoms with Crippen molar-refractivity contribution in [1.82, 2.24) is 4.90 Å². The van der Waals surface area contributed by atoms with E-state index in [0.29, 0.717) is 22.2 Å². The van der Waals surface area contributed by atoms with Crippen molar-refractivity contribution in [3.05, 3.63) is 47.5 Å². The molecule has 2 aromatic carbocycles. The number of ether oxygens (including phenoxy) is 1. The molecule has 0 spiro atoms. The van der Waals surface area contributed by atoms with E-state index in [1.165, 1.54) is 13.1 Å². The fourth-order valence-corrected chi connectivity index (χ4v) is 2.89. The average Bonchev–Trinajstić information content (AvgIpc) is 2.84. The molecule has 0 saturated heterocycles. The van der Waals surface area contributed by atoms with Crippen LogP contribution in [-0.2, 0) is 14.3 Å². The van der Waals surface area contributed by atoms with Crippen LogP contribution in [0, 0.1) is 6.92 Å². The van der Waals surface area contributed by atoms with Crippen molar-refractivity contribution >= 4 is 39.9 Å². The van der Waals surface area contributed by atoms with Crippen molar-refractivity contribution in [3.8, 4) is 0 Å². The Morgan fingerprint density at radius 3 is 2.60 bits per heavy atom. The molecule has 6 nitrogen and oxygen atoms in total.